The summed E-state index contributed by atoms with van der Waals surface area (Å²) in [6, 6.07) is 24.1. The maximum atomic E-state index is 12.5. The van der Waals surface area contributed by atoms with E-state index in [1.165, 1.54) is 16.1 Å². The number of hydrogen-bond acceptors (Lipinski definition) is 6. The number of benzene rings is 3. The topological polar surface area (TPSA) is 79.7 Å². The highest BCUT2D eigenvalue weighted by Crippen LogP contribution is 2.33. The molecule has 1 fully saturated rings. The molecular formula is C35H38ClN5O3S. The van der Waals surface area contributed by atoms with Crippen LogP contribution in [0.15, 0.2) is 72.8 Å². The zero-order valence-corrected chi connectivity index (χ0v) is 27.1. The summed E-state index contributed by atoms with van der Waals surface area (Å²) in [6.07, 6.45) is 2.86. The van der Waals surface area contributed by atoms with Gasteiger partial charge in [0.15, 0.2) is 0 Å². The van der Waals surface area contributed by atoms with Gasteiger partial charge >= 0.3 is 0 Å². The van der Waals surface area contributed by atoms with Gasteiger partial charge in [-0.25, -0.2) is 8.42 Å². The third kappa shape index (κ3) is 7.96. The van der Waals surface area contributed by atoms with Crippen molar-refractivity contribution in [2.75, 3.05) is 51.0 Å². The van der Waals surface area contributed by atoms with Crippen LogP contribution in [0, 0.1) is 11.8 Å². The van der Waals surface area contributed by atoms with Gasteiger partial charge in [0.25, 0.3) is 0 Å². The second kappa shape index (κ2) is 14.2. The van der Waals surface area contributed by atoms with Gasteiger partial charge in [-0.15, -0.1) is 0 Å². The highest BCUT2D eigenvalue weighted by atomic mass is 35.5. The largest absolute Gasteiger partial charge is 0.381 e. The highest BCUT2D eigenvalue weighted by molar-refractivity contribution is 7.88. The number of sulfonamides is 1. The van der Waals surface area contributed by atoms with Gasteiger partial charge in [0.1, 0.15) is 0 Å². The van der Waals surface area contributed by atoms with Gasteiger partial charge in [0.05, 0.1) is 30.2 Å². The first-order valence-corrected chi connectivity index (χ1v) is 17.6. The van der Waals surface area contributed by atoms with E-state index in [0.717, 1.165) is 86.1 Å². The third-order valence-corrected chi connectivity index (χ3v) is 9.90. The minimum Gasteiger partial charge on any atom is -0.381 e. The van der Waals surface area contributed by atoms with Crippen LogP contribution in [0.3, 0.4) is 0 Å². The number of ether oxygens (including phenoxy) is 1. The fourth-order valence-corrected chi connectivity index (χ4v) is 6.77. The molecule has 4 aromatic rings. The smallest absolute Gasteiger partial charge is 0.211 e. The Balaban J connectivity index is 1.22. The molecule has 0 bridgehead atoms. The Labute approximate surface area is 271 Å². The summed E-state index contributed by atoms with van der Waals surface area (Å²) in [5, 5.41) is 9.05. The van der Waals surface area contributed by atoms with E-state index in [2.05, 4.69) is 38.9 Å². The van der Waals surface area contributed by atoms with Gasteiger partial charge in [0.2, 0.25) is 10.0 Å². The molecule has 3 heterocycles. The summed E-state index contributed by atoms with van der Waals surface area (Å²) in [6.45, 7) is 6.74. The monoisotopic (exact) mass is 643 g/mol. The molecule has 6 rings (SSSR count). The van der Waals surface area contributed by atoms with E-state index in [9.17, 15) is 8.42 Å². The third-order valence-electron chi connectivity index (χ3n) is 8.32. The molecule has 0 amide bonds. The fourth-order valence-electron chi connectivity index (χ4n) is 5.81. The fraction of sp³-hybridized carbons (Fsp3) is 0.343. The van der Waals surface area contributed by atoms with Gasteiger partial charge in [-0.1, -0.05) is 59.8 Å². The number of aromatic nitrogens is 2. The van der Waals surface area contributed by atoms with E-state index in [0.29, 0.717) is 30.1 Å². The van der Waals surface area contributed by atoms with Crippen LogP contribution < -0.4 is 5.32 Å². The molecule has 1 aromatic heterocycles. The summed E-state index contributed by atoms with van der Waals surface area (Å²) < 4.78 is 34.1. The number of fused-ring (bicyclic) bond motifs is 1. The number of rotatable bonds is 9. The van der Waals surface area contributed by atoms with Gasteiger partial charge in [-0.2, -0.15) is 9.40 Å². The molecule has 8 nitrogen and oxygen atoms in total. The molecule has 45 heavy (non-hydrogen) atoms. The van der Waals surface area contributed by atoms with Crippen molar-refractivity contribution in [3.63, 3.8) is 0 Å². The maximum absolute atomic E-state index is 12.5. The molecule has 0 aliphatic carbocycles. The molecule has 0 spiro atoms. The van der Waals surface area contributed by atoms with Crippen molar-refractivity contribution in [2.24, 2.45) is 0 Å². The zero-order valence-electron chi connectivity index (χ0n) is 25.5. The second-order valence-electron chi connectivity index (χ2n) is 11.5. The van der Waals surface area contributed by atoms with Crippen LogP contribution in [0.1, 0.15) is 34.4 Å². The van der Waals surface area contributed by atoms with Crippen molar-refractivity contribution in [1.29, 1.82) is 0 Å². The Morgan fingerprint density at radius 1 is 0.956 bits per heavy atom. The number of hydrogen-bond donors (Lipinski definition) is 1. The lowest BCUT2D eigenvalue weighted by Crippen LogP contribution is -2.37. The molecule has 2 aliphatic heterocycles. The number of halogens is 1. The highest BCUT2D eigenvalue weighted by Gasteiger charge is 2.30. The minimum atomic E-state index is -3.34. The Morgan fingerprint density at radius 2 is 1.73 bits per heavy atom. The molecule has 1 N–H and O–H groups in total. The van der Waals surface area contributed by atoms with E-state index in [1.54, 1.807) is 0 Å². The lowest BCUT2D eigenvalue weighted by atomic mass is 10.0. The van der Waals surface area contributed by atoms with E-state index >= 15 is 0 Å². The normalized spacial score (nSPS) is 15.7. The minimum absolute atomic E-state index is 0.307. The molecule has 0 saturated carbocycles. The number of anilines is 1. The average Bonchev–Trinajstić information content (AvgIpc) is 3.42. The van der Waals surface area contributed by atoms with Gasteiger partial charge in [-0.05, 0) is 48.4 Å². The summed E-state index contributed by atoms with van der Waals surface area (Å²) in [5.41, 5.74) is 7.56. The lowest BCUT2D eigenvalue weighted by Gasteiger charge is -2.27. The van der Waals surface area contributed by atoms with Gasteiger partial charge in [-0.3, -0.25) is 9.58 Å². The summed E-state index contributed by atoms with van der Waals surface area (Å²) in [4.78, 5) is 2.42. The summed E-state index contributed by atoms with van der Waals surface area (Å²) >= 11 is 6.61. The molecule has 0 atom stereocenters. The summed E-state index contributed by atoms with van der Waals surface area (Å²) in [5.74, 6) is 6.49. The predicted octanol–water partition coefficient (Wildman–Crippen LogP) is 5.26. The molecule has 2 aliphatic rings. The van der Waals surface area contributed by atoms with Crippen molar-refractivity contribution < 1.29 is 13.2 Å². The van der Waals surface area contributed by atoms with Crippen molar-refractivity contribution in [2.45, 2.75) is 32.5 Å². The van der Waals surface area contributed by atoms with Crippen LogP contribution in [0.2, 0.25) is 5.02 Å². The number of aryl methyl sites for hydroxylation is 1. The standard InChI is InChI=1S/C35H38ClN5O3S/c1-45(42,43)40-19-16-34-32(26-40)35(38-41(34)18-5-17-39-20-22-44-23-21-39)30-12-15-33(36)29(24-30)11-8-27-9-13-31(14-10-27)37-25-28-6-3-2-4-7-28/h2-4,6-7,9-10,12-15,24,37H,5,16-23,25-26H2,1H3. The molecule has 10 heteroatoms. The van der Waals surface area contributed by atoms with Gasteiger partial charge < -0.3 is 10.1 Å². The number of morpholine rings is 1. The van der Waals surface area contributed by atoms with Crippen molar-refractivity contribution in [3.05, 3.63) is 106 Å². The molecule has 0 unspecified atom stereocenters. The first-order valence-electron chi connectivity index (χ1n) is 15.4. The number of nitrogens with one attached hydrogen (secondary N) is 1. The first-order chi connectivity index (χ1) is 21.8. The first kappa shape index (κ1) is 31.3. The van der Waals surface area contributed by atoms with Crippen LogP contribution >= 0.6 is 11.6 Å². The van der Waals surface area contributed by atoms with Crippen LogP contribution in [0.5, 0.6) is 0 Å². The van der Waals surface area contributed by atoms with E-state index in [-0.39, 0.29) is 0 Å². The summed E-state index contributed by atoms with van der Waals surface area (Å²) in [7, 11) is -3.34. The molecule has 3 aromatic carbocycles. The van der Waals surface area contributed by atoms with E-state index in [4.69, 9.17) is 21.4 Å². The van der Waals surface area contributed by atoms with Crippen molar-refractivity contribution >= 4 is 27.3 Å². The van der Waals surface area contributed by atoms with Crippen LogP contribution in [-0.4, -0.2) is 73.1 Å². The van der Waals surface area contributed by atoms with Crippen LogP contribution in [0.4, 0.5) is 5.69 Å². The molecule has 234 valence electrons. The average molecular weight is 644 g/mol. The zero-order chi connectivity index (χ0) is 31.2. The molecule has 1 saturated heterocycles. The number of nitrogens with zero attached hydrogens (tertiary/aromatic N) is 4. The quantitative estimate of drug-likeness (QED) is 0.251. The lowest BCUT2D eigenvalue weighted by molar-refractivity contribution is 0.0368. The van der Waals surface area contributed by atoms with Crippen LogP contribution in [-0.2, 0) is 40.8 Å². The molecule has 0 radical (unpaired) electrons. The SMILES string of the molecule is CS(=O)(=O)N1CCc2c(c(-c3ccc(Cl)c(C#Cc4ccc(NCc5ccccc5)cc4)c3)nn2CCCN2CCOCC2)C1. The van der Waals surface area contributed by atoms with Gasteiger partial charge in [0, 0.05) is 85.9 Å². The van der Waals surface area contributed by atoms with E-state index < -0.39 is 10.0 Å². The molecular weight excluding hydrogens is 606 g/mol. The Bertz CT molecular complexity index is 1790. The maximum Gasteiger partial charge on any atom is 0.211 e. The Morgan fingerprint density at radius 3 is 2.49 bits per heavy atom. The second-order valence-corrected chi connectivity index (χ2v) is 13.9. The predicted molar refractivity (Wildman–Crippen MR) is 180 cm³/mol. The van der Waals surface area contributed by atoms with Crippen molar-refractivity contribution in [3.8, 4) is 23.1 Å². The van der Waals surface area contributed by atoms with Crippen molar-refractivity contribution in [1.82, 2.24) is 19.0 Å². The Hall–Kier alpha value is -3.65. The van der Waals surface area contributed by atoms with E-state index in [1.807, 2.05) is 60.7 Å². The van der Waals surface area contributed by atoms with Crippen LogP contribution in [0.25, 0.3) is 11.3 Å². The Kier molecular flexibility index (Phi) is 9.88.